The number of hydrogen-bond acceptors (Lipinski definition) is 6. The average molecular weight is 515 g/mol. The first-order valence-electron chi connectivity index (χ1n) is 11.1. The van der Waals surface area contributed by atoms with Gasteiger partial charge in [0.25, 0.3) is 10.0 Å². The zero-order chi connectivity index (χ0) is 25.4. The van der Waals surface area contributed by atoms with Crippen LogP contribution in [0.2, 0.25) is 0 Å². The Labute approximate surface area is 211 Å². The first-order chi connectivity index (χ1) is 16.8. The van der Waals surface area contributed by atoms with E-state index in [9.17, 15) is 13.2 Å². The maximum absolute atomic E-state index is 13.7. The quantitative estimate of drug-likeness (QED) is 0.367. The molecule has 0 heterocycles. The van der Waals surface area contributed by atoms with Crippen molar-refractivity contribution < 1.29 is 22.7 Å². The second-order valence-corrected chi connectivity index (χ2v) is 10.4. The smallest absolute Gasteiger partial charge is 0.264 e. The molecular weight excluding hydrogens is 484 g/mol. The number of nitrogens with one attached hydrogen (secondary N) is 1. The molecule has 0 radical (unpaired) electrons. The van der Waals surface area contributed by atoms with E-state index in [1.54, 1.807) is 55.6 Å². The fourth-order valence-corrected chi connectivity index (χ4v) is 5.47. The second-order valence-electron chi connectivity index (χ2n) is 7.62. The van der Waals surface area contributed by atoms with E-state index in [1.165, 1.54) is 11.8 Å². The number of hydrogen-bond donors (Lipinski definition) is 1. The van der Waals surface area contributed by atoms with Gasteiger partial charge in [0, 0.05) is 10.5 Å². The molecule has 0 aliphatic carbocycles. The number of anilines is 1. The lowest BCUT2D eigenvalue weighted by atomic mass is 10.1. The molecule has 0 aromatic heterocycles. The lowest BCUT2D eigenvalue weighted by Crippen LogP contribution is -2.41. The van der Waals surface area contributed by atoms with Gasteiger partial charge < -0.3 is 14.8 Å². The molecule has 0 aliphatic rings. The molecule has 0 fully saturated rings. The Balaban J connectivity index is 1.96. The summed E-state index contributed by atoms with van der Waals surface area (Å²) in [6.45, 7) is 3.57. The minimum Gasteiger partial charge on any atom is -0.496 e. The third kappa shape index (κ3) is 6.29. The van der Waals surface area contributed by atoms with Gasteiger partial charge in [-0.3, -0.25) is 9.10 Å². The summed E-state index contributed by atoms with van der Waals surface area (Å²) in [5, 5.41) is 2.90. The highest BCUT2D eigenvalue weighted by atomic mass is 32.2. The van der Waals surface area contributed by atoms with E-state index in [-0.39, 0.29) is 4.90 Å². The minimum atomic E-state index is -4.07. The summed E-state index contributed by atoms with van der Waals surface area (Å²) in [7, 11) is -2.51. The van der Waals surface area contributed by atoms with Gasteiger partial charge in [0.1, 0.15) is 18.0 Å². The van der Waals surface area contributed by atoms with Gasteiger partial charge in [0.15, 0.2) is 0 Å². The number of thioether (sulfide) groups is 1. The summed E-state index contributed by atoms with van der Waals surface area (Å²) in [5.41, 5.74) is 1.09. The predicted octanol–water partition coefficient (Wildman–Crippen LogP) is 4.89. The number of para-hydroxylation sites is 3. The number of nitrogens with zero attached hydrogens (tertiary/aromatic N) is 1. The van der Waals surface area contributed by atoms with Crippen LogP contribution in [-0.2, 0) is 14.8 Å². The lowest BCUT2D eigenvalue weighted by Gasteiger charge is -2.27. The molecule has 9 heteroatoms. The van der Waals surface area contributed by atoms with Gasteiger partial charge in [0.2, 0.25) is 5.91 Å². The van der Waals surface area contributed by atoms with Gasteiger partial charge >= 0.3 is 0 Å². The number of sulfonamides is 1. The van der Waals surface area contributed by atoms with E-state index < -0.39 is 28.5 Å². The SMILES string of the molecule is CCOc1ccccc1N(CC(=O)N[C@@H](C)c1ccccc1OC)S(=O)(=O)c1ccc(SC)cc1. The Morgan fingerprint density at radius 1 is 1.00 bits per heavy atom. The molecule has 0 saturated heterocycles. The van der Waals surface area contributed by atoms with Crippen LogP contribution in [0, 0.1) is 0 Å². The van der Waals surface area contributed by atoms with E-state index >= 15 is 0 Å². The van der Waals surface area contributed by atoms with Crippen molar-refractivity contribution in [3.63, 3.8) is 0 Å². The molecule has 0 spiro atoms. The monoisotopic (exact) mass is 514 g/mol. The number of benzene rings is 3. The molecule has 35 heavy (non-hydrogen) atoms. The summed E-state index contributed by atoms with van der Waals surface area (Å²) in [5.74, 6) is 0.559. The molecule has 1 atom stereocenters. The van der Waals surface area contributed by atoms with E-state index in [0.29, 0.717) is 23.8 Å². The molecule has 0 saturated carbocycles. The largest absolute Gasteiger partial charge is 0.496 e. The van der Waals surface area contributed by atoms with Gasteiger partial charge in [0.05, 0.1) is 30.3 Å². The van der Waals surface area contributed by atoms with Gasteiger partial charge in [-0.05, 0) is 62.6 Å². The zero-order valence-corrected chi connectivity index (χ0v) is 21.9. The van der Waals surface area contributed by atoms with Crippen LogP contribution in [0.25, 0.3) is 0 Å². The third-order valence-electron chi connectivity index (χ3n) is 5.35. The summed E-state index contributed by atoms with van der Waals surface area (Å²) < 4.78 is 39.7. The van der Waals surface area contributed by atoms with Crippen LogP contribution in [0.3, 0.4) is 0 Å². The van der Waals surface area contributed by atoms with Crippen LogP contribution in [-0.4, -0.2) is 40.8 Å². The molecule has 0 unspecified atom stereocenters. The molecule has 0 aliphatic heterocycles. The summed E-state index contributed by atoms with van der Waals surface area (Å²) in [6.07, 6.45) is 1.92. The van der Waals surface area contributed by atoms with Crippen LogP contribution in [0.15, 0.2) is 82.6 Å². The van der Waals surface area contributed by atoms with Crippen LogP contribution in [0.5, 0.6) is 11.5 Å². The molecule has 1 amide bonds. The van der Waals surface area contributed by atoms with Crippen molar-refractivity contribution in [2.75, 3.05) is 30.8 Å². The Hall–Kier alpha value is -3.17. The Kier molecular flexibility index (Phi) is 9.06. The summed E-state index contributed by atoms with van der Waals surface area (Å²) >= 11 is 1.52. The molecule has 1 N–H and O–H groups in total. The van der Waals surface area contributed by atoms with Crippen molar-refractivity contribution in [2.45, 2.75) is 29.7 Å². The lowest BCUT2D eigenvalue weighted by molar-refractivity contribution is -0.120. The van der Waals surface area contributed by atoms with E-state index in [4.69, 9.17) is 9.47 Å². The zero-order valence-electron chi connectivity index (χ0n) is 20.2. The first kappa shape index (κ1) is 26.4. The molecular formula is C26H30N2O5S2. The minimum absolute atomic E-state index is 0.0900. The molecule has 3 aromatic carbocycles. The Morgan fingerprint density at radius 3 is 2.26 bits per heavy atom. The number of rotatable bonds is 11. The van der Waals surface area contributed by atoms with Gasteiger partial charge in [-0.25, -0.2) is 8.42 Å². The fourth-order valence-electron chi connectivity index (χ4n) is 3.63. The van der Waals surface area contributed by atoms with Gasteiger partial charge in [-0.15, -0.1) is 11.8 Å². The van der Waals surface area contributed by atoms with Crippen molar-refractivity contribution in [1.29, 1.82) is 0 Å². The highest BCUT2D eigenvalue weighted by Gasteiger charge is 2.30. The predicted molar refractivity (Wildman–Crippen MR) is 140 cm³/mol. The van der Waals surface area contributed by atoms with Crippen LogP contribution < -0.4 is 19.1 Å². The van der Waals surface area contributed by atoms with Crippen molar-refractivity contribution in [3.8, 4) is 11.5 Å². The van der Waals surface area contributed by atoms with Gasteiger partial charge in [-0.2, -0.15) is 0 Å². The van der Waals surface area contributed by atoms with Gasteiger partial charge in [-0.1, -0.05) is 30.3 Å². The molecule has 7 nitrogen and oxygen atoms in total. The van der Waals surface area contributed by atoms with E-state index in [2.05, 4.69) is 5.32 Å². The van der Waals surface area contributed by atoms with Crippen molar-refractivity contribution in [1.82, 2.24) is 5.32 Å². The van der Waals surface area contributed by atoms with Crippen LogP contribution in [0.4, 0.5) is 5.69 Å². The number of amides is 1. The van der Waals surface area contributed by atoms with Crippen molar-refractivity contribution >= 4 is 33.4 Å². The first-order valence-corrected chi connectivity index (χ1v) is 13.8. The Morgan fingerprint density at radius 2 is 1.63 bits per heavy atom. The number of carbonyl (C=O) groups excluding carboxylic acids is 1. The van der Waals surface area contributed by atoms with Crippen LogP contribution in [0.1, 0.15) is 25.5 Å². The second kappa shape index (κ2) is 12.0. The third-order valence-corrected chi connectivity index (χ3v) is 7.87. The standard InChI is InChI=1S/C26H30N2O5S2/c1-5-33-25-13-9-7-11-23(25)28(35(30,31)21-16-14-20(34-4)15-17-21)18-26(29)27-19(2)22-10-6-8-12-24(22)32-3/h6-17,19H,5,18H2,1-4H3,(H,27,29)/t19-/m0/s1. The molecule has 3 rings (SSSR count). The molecule has 186 valence electrons. The maximum Gasteiger partial charge on any atom is 0.264 e. The van der Waals surface area contributed by atoms with Crippen molar-refractivity contribution in [3.05, 3.63) is 78.4 Å². The van der Waals surface area contributed by atoms with Crippen molar-refractivity contribution in [2.24, 2.45) is 0 Å². The summed E-state index contributed by atoms with van der Waals surface area (Å²) in [4.78, 5) is 14.2. The topological polar surface area (TPSA) is 84.9 Å². The highest BCUT2D eigenvalue weighted by Crippen LogP contribution is 2.33. The normalized spacial score (nSPS) is 12.0. The molecule has 3 aromatic rings. The maximum atomic E-state index is 13.7. The fraction of sp³-hybridized carbons (Fsp3) is 0.269. The van der Waals surface area contributed by atoms with E-state index in [1.807, 2.05) is 44.4 Å². The Bertz CT molecular complexity index is 1250. The van der Waals surface area contributed by atoms with E-state index in [0.717, 1.165) is 14.8 Å². The number of methoxy groups -OCH3 is 1. The number of carbonyl (C=O) groups is 1. The molecule has 0 bridgehead atoms. The summed E-state index contributed by atoms with van der Waals surface area (Å²) in [6, 6.07) is 20.4. The highest BCUT2D eigenvalue weighted by molar-refractivity contribution is 7.98. The average Bonchev–Trinajstić information content (AvgIpc) is 2.87. The van der Waals surface area contributed by atoms with Crippen LogP contribution >= 0.6 is 11.8 Å². The number of ether oxygens (including phenoxy) is 2.